The number of benzene rings is 1. The van der Waals surface area contributed by atoms with Crippen molar-refractivity contribution in [3.8, 4) is 0 Å². The van der Waals surface area contributed by atoms with Crippen LogP contribution in [0, 0.1) is 0 Å². The highest BCUT2D eigenvalue weighted by Crippen LogP contribution is 2.37. The summed E-state index contributed by atoms with van der Waals surface area (Å²) in [5, 5.41) is 13.6. The first-order valence-electron chi connectivity index (χ1n) is 5.01. The molecule has 0 radical (unpaired) electrons. The minimum Gasteiger partial charge on any atom is -0.384 e. The predicted octanol–water partition coefficient (Wildman–Crippen LogP) is 4.44. The number of rotatable bonds is 3. The van der Waals surface area contributed by atoms with E-state index in [-0.39, 0.29) is 16.7 Å². The van der Waals surface area contributed by atoms with Crippen molar-refractivity contribution in [2.75, 3.05) is 0 Å². The van der Waals surface area contributed by atoms with Gasteiger partial charge >= 0.3 is 5.51 Å². The van der Waals surface area contributed by atoms with Crippen molar-refractivity contribution in [2.45, 2.75) is 16.5 Å². The van der Waals surface area contributed by atoms with Gasteiger partial charge in [0.1, 0.15) is 6.10 Å². The molecule has 0 saturated carbocycles. The number of alkyl halides is 3. The summed E-state index contributed by atoms with van der Waals surface area (Å²) >= 11 is 1.30. The number of aliphatic hydroxyl groups excluding tert-OH is 1. The van der Waals surface area contributed by atoms with Gasteiger partial charge in [-0.2, -0.15) is 24.5 Å². The third kappa shape index (κ3) is 3.51. The molecule has 1 nitrogen and oxygen atoms in total. The summed E-state index contributed by atoms with van der Waals surface area (Å²) in [5.41, 5.74) is -2.95. The summed E-state index contributed by atoms with van der Waals surface area (Å²) in [6.45, 7) is 0. The molecule has 1 aromatic heterocycles. The fraction of sp³-hybridized carbons (Fsp3) is 0.167. The number of halogens is 3. The molecule has 1 aromatic carbocycles. The molecule has 6 heteroatoms. The molecule has 1 atom stereocenters. The van der Waals surface area contributed by atoms with E-state index in [0.29, 0.717) is 5.56 Å². The Balaban J connectivity index is 2.13. The number of thioether (sulfide) groups is 1. The van der Waals surface area contributed by atoms with Gasteiger partial charge in [0.15, 0.2) is 0 Å². The van der Waals surface area contributed by atoms with Crippen LogP contribution in [0.25, 0.3) is 0 Å². The van der Waals surface area contributed by atoms with Crippen LogP contribution in [0.4, 0.5) is 13.2 Å². The predicted molar refractivity (Wildman–Crippen MR) is 66.7 cm³/mol. The van der Waals surface area contributed by atoms with Gasteiger partial charge in [-0.05, 0) is 51.8 Å². The Morgan fingerprint density at radius 3 is 2.22 bits per heavy atom. The van der Waals surface area contributed by atoms with Gasteiger partial charge in [-0.3, -0.25) is 0 Å². The Kier molecular flexibility index (Phi) is 3.99. The van der Waals surface area contributed by atoms with E-state index in [4.69, 9.17) is 0 Å². The van der Waals surface area contributed by atoms with E-state index < -0.39 is 11.6 Å². The molecule has 96 valence electrons. The van der Waals surface area contributed by atoms with Crippen molar-refractivity contribution in [1.29, 1.82) is 0 Å². The van der Waals surface area contributed by atoms with E-state index in [0.717, 1.165) is 5.56 Å². The SMILES string of the molecule is OC(c1ccc(SC(F)(F)F)cc1)c1ccsc1. The van der Waals surface area contributed by atoms with Crippen LogP contribution < -0.4 is 0 Å². The molecule has 2 rings (SSSR count). The molecule has 0 saturated heterocycles. The lowest BCUT2D eigenvalue weighted by Crippen LogP contribution is -2.00. The Labute approximate surface area is 110 Å². The monoisotopic (exact) mass is 290 g/mol. The van der Waals surface area contributed by atoms with Crippen molar-refractivity contribution in [1.82, 2.24) is 0 Å². The fourth-order valence-corrected chi connectivity index (χ4v) is 2.69. The van der Waals surface area contributed by atoms with Gasteiger partial charge < -0.3 is 5.11 Å². The maximum Gasteiger partial charge on any atom is 0.446 e. The zero-order chi connectivity index (χ0) is 13.2. The average Bonchev–Trinajstić information content (AvgIpc) is 2.80. The Bertz CT molecular complexity index is 491. The summed E-state index contributed by atoms with van der Waals surface area (Å²) in [5.74, 6) is 0. The highest BCUT2D eigenvalue weighted by molar-refractivity contribution is 8.00. The van der Waals surface area contributed by atoms with Crippen molar-refractivity contribution in [2.24, 2.45) is 0 Å². The first-order chi connectivity index (χ1) is 8.46. The largest absolute Gasteiger partial charge is 0.446 e. The van der Waals surface area contributed by atoms with Gasteiger partial charge in [-0.1, -0.05) is 12.1 Å². The second kappa shape index (κ2) is 5.34. The van der Waals surface area contributed by atoms with Gasteiger partial charge in [0.2, 0.25) is 0 Å². The summed E-state index contributed by atoms with van der Waals surface area (Å²) in [6, 6.07) is 7.53. The Morgan fingerprint density at radius 1 is 1.06 bits per heavy atom. The molecule has 1 heterocycles. The quantitative estimate of drug-likeness (QED) is 0.843. The van der Waals surface area contributed by atoms with Gasteiger partial charge in [-0.25, -0.2) is 0 Å². The van der Waals surface area contributed by atoms with Crippen LogP contribution in [-0.2, 0) is 0 Å². The molecule has 0 aliphatic heterocycles. The molecule has 0 aliphatic carbocycles. The van der Waals surface area contributed by atoms with Crippen LogP contribution in [0.3, 0.4) is 0 Å². The maximum absolute atomic E-state index is 12.1. The minimum absolute atomic E-state index is 0.115. The van der Waals surface area contributed by atoms with Crippen LogP contribution in [0.5, 0.6) is 0 Å². The van der Waals surface area contributed by atoms with Gasteiger partial charge in [0, 0.05) is 4.90 Å². The third-order valence-electron chi connectivity index (χ3n) is 2.29. The molecule has 18 heavy (non-hydrogen) atoms. The zero-order valence-corrected chi connectivity index (χ0v) is 10.6. The van der Waals surface area contributed by atoms with Crippen LogP contribution in [0.1, 0.15) is 17.2 Å². The van der Waals surface area contributed by atoms with Gasteiger partial charge in [-0.15, -0.1) is 0 Å². The van der Waals surface area contributed by atoms with Gasteiger partial charge in [0.25, 0.3) is 0 Å². The molecule has 0 fully saturated rings. The molecular weight excluding hydrogens is 281 g/mol. The molecule has 0 aliphatic rings. The van der Waals surface area contributed by atoms with Crippen LogP contribution in [-0.4, -0.2) is 10.6 Å². The molecule has 2 aromatic rings. The number of aliphatic hydroxyl groups is 1. The van der Waals surface area contributed by atoms with E-state index in [9.17, 15) is 18.3 Å². The van der Waals surface area contributed by atoms with Crippen LogP contribution in [0.2, 0.25) is 0 Å². The van der Waals surface area contributed by atoms with Crippen LogP contribution in [0.15, 0.2) is 46.0 Å². The normalized spacial score (nSPS) is 13.6. The highest BCUT2D eigenvalue weighted by Gasteiger charge is 2.29. The van der Waals surface area contributed by atoms with E-state index in [1.54, 1.807) is 6.07 Å². The van der Waals surface area contributed by atoms with Crippen molar-refractivity contribution in [3.05, 3.63) is 52.2 Å². The number of hydrogen-bond donors (Lipinski definition) is 1. The Morgan fingerprint density at radius 2 is 1.72 bits per heavy atom. The number of hydrogen-bond acceptors (Lipinski definition) is 3. The molecule has 0 amide bonds. The van der Waals surface area contributed by atoms with Crippen molar-refractivity contribution >= 4 is 23.1 Å². The van der Waals surface area contributed by atoms with E-state index >= 15 is 0 Å². The molecule has 0 spiro atoms. The maximum atomic E-state index is 12.1. The van der Waals surface area contributed by atoms with Crippen molar-refractivity contribution < 1.29 is 18.3 Å². The second-order valence-electron chi connectivity index (χ2n) is 3.58. The summed E-state index contributed by atoms with van der Waals surface area (Å²) in [4.78, 5) is 0.115. The first kappa shape index (κ1) is 13.5. The summed E-state index contributed by atoms with van der Waals surface area (Å²) in [6.07, 6.45) is -0.791. The summed E-state index contributed by atoms with van der Waals surface area (Å²) < 4.78 is 36.4. The standard InChI is InChI=1S/C12H9F3OS2/c13-12(14,15)18-10-3-1-8(2-4-10)11(16)9-5-6-17-7-9/h1-7,11,16H. The van der Waals surface area contributed by atoms with Crippen molar-refractivity contribution in [3.63, 3.8) is 0 Å². The Hall–Kier alpha value is -0.980. The lowest BCUT2D eigenvalue weighted by Gasteiger charge is -2.10. The molecule has 0 bridgehead atoms. The molecule has 1 unspecified atom stereocenters. The van der Waals surface area contributed by atoms with Crippen LogP contribution >= 0.6 is 23.1 Å². The van der Waals surface area contributed by atoms with E-state index in [2.05, 4.69) is 0 Å². The molecular formula is C12H9F3OS2. The lowest BCUT2D eigenvalue weighted by molar-refractivity contribution is -0.0328. The lowest BCUT2D eigenvalue weighted by atomic mass is 10.1. The first-order valence-corrected chi connectivity index (χ1v) is 6.77. The minimum atomic E-state index is -4.28. The van der Waals surface area contributed by atoms with E-state index in [1.807, 2.05) is 10.8 Å². The number of thiophene rings is 1. The third-order valence-corrected chi connectivity index (χ3v) is 3.73. The second-order valence-corrected chi connectivity index (χ2v) is 5.49. The smallest absolute Gasteiger partial charge is 0.384 e. The topological polar surface area (TPSA) is 20.2 Å². The summed E-state index contributed by atoms with van der Waals surface area (Å²) in [7, 11) is 0. The average molecular weight is 290 g/mol. The van der Waals surface area contributed by atoms with Gasteiger partial charge in [0.05, 0.1) is 0 Å². The zero-order valence-electron chi connectivity index (χ0n) is 9.02. The molecule has 1 N–H and O–H groups in total. The highest BCUT2D eigenvalue weighted by atomic mass is 32.2. The van der Waals surface area contributed by atoms with E-state index in [1.165, 1.54) is 35.6 Å². The fourth-order valence-electron chi connectivity index (χ4n) is 1.47.